The number of carbonyl (C=O) groups is 1. The van der Waals surface area contributed by atoms with E-state index in [1.807, 2.05) is 23.1 Å². The molecule has 2 saturated heterocycles. The van der Waals surface area contributed by atoms with Crippen molar-refractivity contribution in [3.8, 4) is 5.75 Å². The third-order valence-corrected chi connectivity index (χ3v) is 5.59. The van der Waals surface area contributed by atoms with Crippen LogP contribution in [0.15, 0.2) is 36.4 Å². The van der Waals surface area contributed by atoms with Gasteiger partial charge in [0, 0.05) is 51.4 Å². The Bertz CT molecular complexity index is 796. The first-order valence-electron chi connectivity index (χ1n) is 9.70. The minimum Gasteiger partial charge on any atom is -0.508 e. The fourth-order valence-corrected chi connectivity index (χ4v) is 3.92. The number of amides is 1. The molecule has 27 heavy (non-hydrogen) atoms. The number of hydrogen-bond donors (Lipinski definition) is 1. The van der Waals surface area contributed by atoms with Crippen molar-refractivity contribution in [1.29, 1.82) is 0 Å². The molecule has 6 nitrogen and oxygen atoms in total. The molecule has 2 aromatic carbocycles. The Hall–Kier alpha value is -2.15. The van der Waals surface area contributed by atoms with E-state index >= 15 is 0 Å². The Kier molecular flexibility index (Phi) is 5.57. The summed E-state index contributed by atoms with van der Waals surface area (Å²) in [5.74, 6) is 0.559. The lowest BCUT2D eigenvalue weighted by Crippen LogP contribution is -2.52. The van der Waals surface area contributed by atoms with Gasteiger partial charge in [0.05, 0.1) is 19.8 Å². The van der Waals surface area contributed by atoms with Crippen molar-refractivity contribution >= 4 is 16.7 Å². The highest BCUT2D eigenvalue weighted by Gasteiger charge is 2.24. The monoisotopic (exact) mass is 369 g/mol. The van der Waals surface area contributed by atoms with Gasteiger partial charge in [-0.2, -0.15) is 0 Å². The van der Waals surface area contributed by atoms with E-state index in [0.29, 0.717) is 18.8 Å². The highest BCUT2D eigenvalue weighted by molar-refractivity contribution is 5.87. The summed E-state index contributed by atoms with van der Waals surface area (Å²) in [6, 6.07) is 11.9. The number of phenols is 1. The van der Waals surface area contributed by atoms with Gasteiger partial charge in [-0.05, 0) is 16.8 Å². The highest BCUT2D eigenvalue weighted by Crippen LogP contribution is 2.28. The van der Waals surface area contributed by atoms with Crippen molar-refractivity contribution < 1.29 is 14.6 Å². The number of carbonyl (C=O) groups excluding carboxylic acids is 1. The van der Waals surface area contributed by atoms with Gasteiger partial charge in [-0.25, -0.2) is 0 Å². The maximum atomic E-state index is 12.5. The van der Waals surface area contributed by atoms with Crippen LogP contribution in [0.4, 0.5) is 0 Å². The molecule has 0 aromatic heterocycles. The molecule has 0 unspecified atom stereocenters. The van der Waals surface area contributed by atoms with Gasteiger partial charge in [0.25, 0.3) is 0 Å². The number of piperazine rings is 1. The van der Waals surface area contributed by atoms with Gasteiger partial charge >= 0.3 is 0 Å². The zero-order chi connectivity index (χ0) is 18.6. The minimum absolute atomic E-state index is 0.213. The van der Waals surface area contributed by atoms with E-state index in [-0.39, 0.29) is 5.91 Å². The van der Waals surface area contributed by atoms with Gasteiger partial charge in [0.2, 0.25) is 5.91 Å². The van der Waals surface area contributed by atoms with Gasteiger partial charge in [0.1, 0.15) is 5.75 Å². The van der Waals surface area contributed by atoms with Crippen LogP contribution in [0.3, 0.4) is 0 Å². The lowest BCUT2D eigenvalue weighted by Gasteiger charge is -2.36. The molecule has 2 aromatic rings. The van der Waals surface area contributed by atoms with Crippen LogP contribution in [0, 0.1) is 0 Å². The predicted octanol–water partition coefficient (Wildman–Crippen LogP) is 1.52. The zero-order valence-corrected chi connectivity index (χ0v) is 15.6. The molecule has 4 rings (SSSR count). The number of morpholine rings is 1. The van der Waals surface area contributed by atoms with Gasteiger partial charge in [-0.3, -0.25) is 14.6 Å². The first-order chi connectivity index (χ1) is 13.2. The Morgan fingerprint density at radius 3 is 2.44 bits per heavy atom. The molecular formula is C21H27N3O3. The molecule has 0 radical (unpaired) electrons. The van der Waals surface area contributed by atoms with Gasteiger partial charge in [0.15, 0.2) is 0 Å². The van der Waals surface area contributed by atoms with Crippen molar-refractivity contribution in [3.05, 3.63) is 42.0 Å². The molecule has 0 saturated carbocycles. The lowest BCUT2D eigenvalue weighted by molar-refractivity contribution is -0.135. The first kappa shape index (κ1) is 18.2. The molecular weight excluding hydrogens is 342 g/mol. The smallest absolute Gasteiger partial charge is 0.236 e. The van der Waals surface area contributed by atoms with E-state index in [4.69, 9.17) is 4.74 Å². The van der Waals surface area contributed by atoms with E-state index in [0.717, 1.165) is 68.8 Å². The topological polar surface area (TPSA) is 56.2 Å². The third kappa shape index (κ3) is 4.24. The predicted molar refractivity (Wildman–Crippen MR) is 105 cm³/mol. The molecule has 144 valence electrons. The van der Waals surface area contributed by atoms with Crippen LogP contribution in [0.1, 0.15) is 5.56 Å². The largest absolute Gasteiger partial charge is 0.508 e. The number of hydrogen-bond acceptors (Lipinski definition) is 5. The van der Waals surface area contributed by atoms with E-state index < -0.39 is 0 Å². The second kappa shape index (κ2) is 8.25. The van der Waals surface area contributed by atoms with E-state index in [1.54, 1.807) is 6.07 Å². The molecule has 2 aliphatic heterocycles. The van der Waals surface area contributed by atoms with E-state index in [2.05, 4.69) is 21.9 Å². The molecule has 0 bridgehead atoms. The molecule has 2 aliphatic rings. The maximum absolute atomic E-state index is 12.5. The zero-order valence-electron chi connectivity index (χ0n) is 15.6. The number of ether oxygens (including phenoxy) is 1. The van der Waals surface area contributed by atoms with E-state index in [9.17, 15) is 9.90 Å². The Balaban J connectivity index is 1.35. The molecule has 2 fully saturated rings. The first-order valence-corrected chi connectivity index (χ1v) is 9.70. The molecule has 6 heteroatoms. The number of aromatic hydroxyl groups is 1. The average Bonchev–Trinajstić information content (AvgIpc) is 2.71. The van der Waals surface area contributed by atoms with Crippen molar-refractivity contribution in [1.82, 2.24) is 14.7 Å². The third-order valence-electron chi connectivity index (χ3n) is 5.59. The molecule has 1 N–H and O–H groups in total. The van der Waals surface area contributed by atoms with Crippen LogP contribution < -0.4 is 0 Å². The SMILES string of the molecule is O=C(CN1CCOCC1)N1CCN(Cc2c(O)ccc3ccccc23)CC1. The molecule has 1 amide bonds. The Morgan fingerprint density at radius 2 is 1.67 bits per heavy atom. The molecule has 0 spiro atoms. The number of nitrogens with zero attached hydrogens (tertiary/aromatic N) is 3. The minimum atomic E-state index is 0.213. The number of benzene rings is 2. The molecule has 0 aliphatic carbocycles. The van der Waals surface area contributed by atoms with Crippen LogP contribution >= 0.6 is 0 Å². The quantitative estimate of drug-likeness (QED) is 0.886. The number of rotatable bonds is 4. The van der Waals surface area contributed by atoms with Crippen LogP contribution in [0.2, 0.25) is 0 Å². The number of fused-ring (bicyclic) bond motifs is 1. The Labute approximate surface area is 159 Å². The van der Waals surface area contributed by atoms with Crippen molar-refractivity contribution in [3.63, 3.8) is 0 Å². The van der Waals surface area contributed by atoms with Crippen molar-refractivity contribution in [2.24, 2.45) is 0 Å². The van der Waals surface area contributed by atoms with Gasteiger partial charge in [-0.1, -0.05) is 30.3 Å². The molecule has 0 atom stereocenters. The van der Waals surface area contributed by atoms with Gasteiger partial charge in [-0.15, -0.1) is 0 Å². The van der Waals surface area contributed by atoms with Crippen LogP contribution in [-0.2, 0) is 16.1 Å². The van der Waals surface area contributed by atoms with Gasteiger partial charge < -0.3 is 14.7 Å². The summed E-state index contributed by atoms with van der Waals surface area (Å²) in [7, 11) is 0. The summed E-state index contributed by atoms with van der Waals surface area (Å²) >= 11 is 0. The fraction of sp³-hybridized carbons (Fsp3) is 0.476. The van der Waals surface area contributed by atoms with Crippen LogP contribution in [-0.4, -0.2) is 84.7 Å². The van der Waals surface area contributed by atoms with Crippen LogP contribution in [0.25, 0.3) is 10.8 Å². The molecule has 2 heterocycles. The summed E-state index contributed by atoms with van der Waals surface area (Å²) in [5, 5.41) is 12.6. The summed E-state index contributed by atoms with van der Waals surface area (Å²) in [6.07, 6.45) is 0. The lowest BCUT2D eigenvalue weighted by atomic mass is 10.0. The number of phenolic OH excluding ortho intramolecular Hbond substituents is 1. The second-order valence-corrected chi connectivity index (χ2v) is 7.33. The standard InChI is InChI=1S/C21H27N3O3/c25-20-6-5-17-3-1-2-4-18(17)19(20)15-22-7-9-24(10-8-22)21(26)16-23-11-13-27-14-12-23/h1-6,25H,7-16H2. The average molecular weight is 369 g/mol. The van der Waals surface area contributed by atoms with Crippen LogP contribution in [0.5, 0.6) is 5.75 Å². The summed E-state index contributed by atoms with van der Waals surface area (Å²) in [5.41, 5.74) is 0.973. The Morgan fingerprint density at radius 1 is 0.926 bits per heavy atom. The summed E-state index contributed by atoms with van der Waals surface area (Å²) in [6.45, 7) is 7.47. The van der Waals surface area contributed by atoms with E-state index in [1.165, 1.54) is 0 Å². The normalized spacial score (nSPS) is 19.5. The maximum Gasteiger partial charge on any atom is 0.236 e. The van der Waals surface area contributed by atoms with Crippen molar-refractivity contribution in [2.45, 2.75) is 6.54 Å². The fourth-order valence-electron chi connectivity index (χ4n) is 3.92. The second-order valence-electron chi connectivity index (χ2n) is 7.33. The summed E-state index contributed by atoms with van der Waals surface area (Å²) in [4.78, 5) is 19.0. The van der Waals surface area contributed by atoms with Crippen molar-refractivity contribution in [2.75, 3.05) is 59.0 Å². The highest BCUT2D eigenvalue weighted by atomic mass is 16.5. The summed E-state index contributed by atoms with van der Waals surface area (Å²) < 4.78 is 5.34.